The molecule has 0 aromatic heterocycles. The molecular formula is C20H22FNO2. The third-order valence-corrected chi connectivity index (χ3v) is 4.83. The lowest BCUT2D eigenvalue weighted by molar-refractivity contribution is -0.130. The molecule has 4 heteroatoms. The number of nitrogens with one attached hydrogen (secondary N) is 1. The van der Waals surface area contributed by atoms with E-state index in [0.29, 0.717) is 6.42 Å². The van der Waals surface area contributed by atoms with E-state index in [1.54, 1.807) is 6.07 Å². The molecule has 0 heterocycles. The topological polar surface area (TPSA) is 49.3 Å². The Hall–Kier alpha value is -2.20. The summed E-state index contributed by atoms with van der Waals surface area (Å²) >= 11 is 0. The van der Waals surface area contributed by atoms with Crippen molar-refractivity contribution in [2.24, 2.45) is 0 Å². The highest BCUT2D eigenvalue weighted by Crippen LogP contribution is 2.44. The van der Waals surface area contributed by atoms with Crippen LogP contribution in [-0.2, 0) is 16.6 Å². The Morgan fingerprint density at radius 1 is 1.17 bits per heavy atom. The summed E-state index contributed by atoms with van der Waals surface area (Å²) in [7, 11) is 0. The molecule has 1 saturated carbocycles. The van der Waals surface area contributed by atoms with Crippen LogP contribution in [0.4, 0.5) is 4.39 Å². The Bertz CT molecular complexity index is 698. The van der Waals surface area contributed by atoms with E-state index in [1.807, 2.05) is 36.4 Å². The Balaban J connectivity index is 1.61. The second kappa shape index (κ2) is 7.14. The summed E-state index contributed by atoms with van der Waals surface area (Å²) in [5.41, 5.74) is 1.11. The molecule has 0 spiro atoms. The lowest BCUT2D eigenvalue weighted by Crippen LogP contribution is -2.50. The number of benzene rings is 2. The van der Waals surface area contributed by atoms with Crippen LogP contribution in [0, 0.1) is 5.82 Å². The molecule has 1 fully saturated rings. The lowest BCUT2D eigenvalue weighted by atomic mass is 9.63. The summed E-state index contributed by atoms with van der Waals surface area (Å²) in [5, 5.41) is 13.0. The van der Waals surface area contributed by atoms with Crippen molar-refractivity contribution in [3.63, 3.8) is 0 Å². The fraction of sp³-hybridized carbons (Fsp3) is 0.350. The first-order valence-corrected chi connectivity index (χ1v) is 8.36. The molecule has 0 aliphatic heterocycles. The number of aliphatic hydroxyl groups is 1. The average Bonchev–Trinajstić information content (AvgIpc) is 2.53. The van der Waals surface area contributed by atoms with Gasteiger partial charge >= 0.3 is 0 Å². The van der Waals surface area contributed by atoms with E-state index in [-0.39, 0.29) is 18.3 Å². The number of aliphatic hydroxyl groups excluding tert-OH is 1. The van der Waals surface area contributed by atoms with Crippen molar-refractivity contribution in [1.29, 1.82) is 0 Å². The minimum absolute atomic E-state index is 0.119. The minimum Gasteiger partial charge on any atom is -0.391 e. The third kappa shape index (κ3) is 3.49. The van der Waals surface area contributed by atoms with Gasteiger partial charge in [-0.05, 0) is 36.1 Å². The smallest absolute Gasteiger partial charge is 0.230 e. The Kier molecular flexibility index (Phi) is 4.95. The van der Waals surface area contributed by atoms with E-state index in [9.17, 15) is 14.3 Å². The van der Waals surface area contributed by atoms with Crippen molar-refractivity contribution >= 4 is 5.91 Å². The van der Waals surface area contributed by atoms with Crippen molar-refractivity contribution in [2.75, 3.05) is 6.54 Å². The van der Waals surface area contributed by atoms with Crippen LogP contribution in [0.3, 0.4) is 0 Å². The molecule has 2 aromatic rings. The van der Waals surface area contributed by atoms with Crippen LogP contribution in [0.2, 0.25) is 0 Å². The largest absolute Gasteiger partial charge is 0.391 e. The molecular weight excluding hydrogens is 305 g/mol. The molecule has 3 nitrogen and oxygen atoms in total. The van der Waals surface area contributed by atoms with E-state index in [1.165, 1.54) is 12.1 Å². The molecule has 0 bridgehead atoms. The quantitative estimate of drug-likeness (QED) is 0.857. The number of carbonyl (C=O) groups excluding carboxylic acids is 1. The first kappa shape index (κ1) is 16.7. The number of carbonyl (C=O) groups is 1. The lowest BCUT2D eigenvalue weighted by Gasteiger charge is -2.41. The summed E-state index contributed by atoms with van der Waals surface area (Å²) < 4.78 is 13.5. The molecule has 1 aliphatic carbocycles. The van der Waals surface area contributed by atoms with Crippen molar-refractivity contribution in [3.8, 4) is 0 Å². The highest BCUT2D eigenvalue weighted by molar-refractivity contribution is 5.89. The standard InChI is InChI=1S/C20H22FNO2/c21-17-9-4-8-16(13-17)20(10-5-11-20)19(24)22-14-18(23)12-15-6-2-1-3-7-15/h1-4,6-9,13,18,23H,5,10-12,14H2,(H,22,24). The molecule has 0 radical (unpaired) electrons. The molecule has 126 valence electrons. The van der Waals surface area contributed by atoms with Gasteiger partial charge in [0, 0.05) is 13.0 Å². The number of hydrogen-bond donors (Lipinski definition) is 2. The fourth-order valence-electron chi connectivity index (χ4n) is 3.30. The van der Waals surface area contributed by atoms with Crippen LogP contribution in [-0.4, -0.2) is 23.7 Å². The Morgan fingerprint density at radius 2 is 1.92 bits per heavy atom. The molecule has 1 atom stereocenters. The van der Waals surface area contributed by atoms with Crippen LogP contribution < -0.4 is 5.32 Å². The van der Waals surface area contributed by atoms with Crippen molar-refractivity contribution in [1.82, 2.24) is 5.32 Å². The molecule has 0 saturated heterocycles. The zero-order valence-corrected chi connectivity index (χ0v) is 13.5. The molecule has 1 aliphatic rings. The van der Waals surface area contributed by atoms with Crippen molar-refractivity contribution in [2.45, 2.75) is 37.2 Å². The average molecular weight is 327 g/mol. The highest BCUT2D eigenvalue weighted by Gasteiger charge is 2.45. The molecule has 1 unspecified atom stereocenters. The Labute approximate surface area is 141 Å². The Morgan fingerprint density at radius 3 is 2.54 bits per heavy atom. The maximum Gasteiger partial charge on any atom is 0.230 e. The second-order valence-electron chi connectivity index (χ2n) is 6.50. The summed E-state index contributed by atoms with van der Waals surface area (Å²) in [4.78, 5) is 12.7. The molecule has 24 heavy (non-hydrogen) atoms. The van der Waals surface area contributed by atoms with Crippen molar-refractivity contribution < 1.29 is 14.3 Å². The summed E-state index contributed by atoms with van der Waals surface area (Å²) in [6, 6.07) is 16.0. The summed E-state index contributed by atoms with van der Waals surface area (Å²) in [6.07, 6.45) is 2.25. The fourth-order valence-corrected chi connectivity index (χ4v) is 3.30. The van der Waals surface area contributed by atoms with Gasteiger partial charge in [-0.25, -0.2) is 4.39 Å². The van der Waals surface area contributed by atoms with Gasteiger partial charge in [0.25, 0.3) is 0 Å². The van der Waals surface area contributed by atoms with Gasteiger partial charge in [-0.1, -0.05) is 48.9 Å². The van der Waals surface area contributed by atoms with Gasteiger partial charge in [-0.3, -0.25) is 4.79 Å². The third-order valence-electron chi connectivity index (χ3n) is 4.83. The van der Waals surface area contributed by atoms with Gasteiger partial charge in [0.15, 0.2) is 0 Å². The summed E-state index contributed by atoms with van der Waals surface area (Å²) in [6.45, 7) is 0.199. The van der Waals surface area contributed by atoms with Gasteiger partial charge in [-0.15, -0.1) is 0 Å². The predicted octanol–water partition coefficient (Wildman–Crippen LogP) is 2.97. The van der Waals surface area contributed by atoms with E-state index in [2.05, 4.69) is 5.32 Å². The van der Waals surface area contributed by atoms with Crippen molar-refractivity contribution in [3.05, 3.63) is 71.5 Å². The molecule has 2 aromatic carbocycles. The summed E-state index contributed by atoms with van der Waals surface area (Å²) in [5.74, 6) is -0.442. The zero-order valence-electron chi connectivity index (χ0n) is 13.5. The zero-order chi connectivity index (χ0) is 17.0. The SMILES string of the molecule is O=C(NCC(O)Cc1ccccc1)C1(c2cccc(F)c2)CCC1. The first-order chi connectivity index (χ1) is 11.6. The highest BCUT2D eigenvalue weighted by atomic mass is 19.1. The number of rotatable bonds is 6. The minimum atomic E-state index is -0.644. The van der Waals surface area contributed by atoms with Gasteiger partial charge in [0.1, 0.15) is 5.82 Å². The number of amides is 1. The monoisotopic (exact) mass is 327 g/mol. The number of hydrogen-bond acceptors (Lipinski definition) is 2. The van der Waals surface area contributed by atoms with Gasteiger partial charge in [0.05, 0.1) is 11.5 Å². The maximum absolute atomic E-state index is 13.5. The van der Waals surface area contributed by atoms with Crippen LogP contribution in [0.1, 0.15) is 30.4 Å². The van der Waals surface area contributed by atoms with E-state index >= 15 is 0 Å². The second-order valence-corrected chi connectivity index (χ2v) is 6.50. The molecule has 1 amide bonds. The van der Waals surface area contributed by atoms with E-state index in [4.69, 9.17) is 0 Å². The van der Waals surface area contributed by atoms with Gasteiger partial charge in [0.2, 0.25) is 5.91 Å². The number of halogens is 1. The predicted molar refractivity (Wildman–Crippen MR) is 91.1 cm³/mol. The van der Waals surface area contributed by atoms with Crippen LogP contribution in [0.5, 0.6) is 0 Å². The van der Waals surface area contributed by atoms with E-state index in [0.717, 1.165) is 30.4 Å². The normalized spacial score (nSPS) is 16.9. The molecule has 3 rings (SSSR count). The van der Waals surface area contributed by atoms with E-state index < -0.39 is 11.5 Å². The first-order valence-electron chi connectivity index (χ1n) is 8.36. The van der Waals surface area contributed by atoms with Gasteiger partial charge < -0.3 is 10.4 Å². The van der Waals surface area contributed by atoms with Crippen LogP contribution in [0.25, 0.3) is 0 Å². The van der Waals surface area contributed by atoms with Gasteiger partial charge in [-0.2, -0.15) is 0 Å². The van der Waals surface area contributed by atoms with Crippen LogP contribution in [0.15, 0.2) is 54.6 Å². The van der Waals surface area contributed by atoms with Crippen LogP contribution >= 0.6 is 0 Å². The molecule has 2 N–H and O–H groups in total. The maximum atomic E-state index is 13.5.